The molecule has 0 unspecified atom stereocenters. The van der Waals surface area contributed by atoms with E-state index in [4.69, 9.17) is 4.55 Å². The number of piperidine rings is 1. The van der Waals surface area contributed by atoms with E-state index in [2.05, 4.69) is 17.3 Å². The van der Waals surface area contributed by atoms with E-state index in [0.717, 1.165) is 32.0 Å². The van der Waals surface area contributed by atoms with Crippen LogP contribution in [0.3, 0.4) is 0 Å². The second-order valence-corrected chi connectivity index (χ2v) is 7.73. The second-order valence-electron chi connectivity index (χ2n) is 6.31. The molecule has 26 heavy (non-hydrogen) atoms. The van der Waals surface area contributed by atoms with Gasteiger partial charge in [0, 0.05) is 25.0 Å². The Hall–Kier alpha value is -2.41. The Kier molecular flexibility index (Phi) is 6.37. The number of rotatable bonds is 5. The van der Waals surface area contributed by atoms with Crippen LogP contribution in [0.1, 0.15) is 12.8 Å². The Bertz CT molecular complexity index is 837. The summed E-state index contributed by atoms with van der Waals surface area (Å²) in [6, 6.07) is 7.33. The molecule has 1 aliphatic heterocycles. The van der Waals surface area contributed by atoms with Gasteiger partial charge in [0.15, 0.2) is 0 Å². The number of carbonyl (C=O) groups is 1. The highest BCUT2D eigenvalue weighted by molar-refractivity contribution is 7.85. The lowest BCUT2D eigenvalue weighted by Gasteiger charge is -2.34. The normalized spacial score (nSPS) is 16.8. The zero-order valence-corrected chi connectivity index (χ0v) is 15.5. The molecule has 0 aromatic heterocycles. The molecule has 0 spiro atoms. The van der Waals surface area contributed by atoms with Crippen LogP contribution in [0.5, 0.6) is 0 Å². The number of amides is 1. The van der Waals surface area contributed by atoms with E-state index < -0.39 is 16.0 Å². The first-order valence-corrected chi connectivity index (χ1v) is 9.56. The molecule has 0 radical (unpaired) electrons. The number of hydrogen-bond acceptors (Lipinski definition) is 6. The molecule has 2 N–H and O–H groups in total. The molecule has 0 aliphatic carbocycles. The van der Waals surface area contributed by atoms with Gasteiger partial charge in [-0.3, -0.25) is 9.35 Å². The van der Waals surface area contributed by atoms with Gasteiger partial charge in [-0.25, -0.2) is 0 Å². The maximum Gasteiger partial charge on any atom is 0.294 e. The van der Waals surface area contributed by atoms with Gasteiger partial charge in [0.25, 0.3) is 16.0 Å². The van der Waals surface area contributed by atoms with Gasteiger partial charge in [0.2, 0.25) is 0 Å². The maximum absolute atomic E-state index is 12.3. The van der Waals surface area contributed by atoms with E-state index in [1.807, 2.05) is 18.0 Å². The van der Waals surface area contributed by atoms with Gasteiger partial charge >= 0.3 is 0 Å². The highest BCUT2D eigenvalue weighted by atomic mass is 32.2. The fourth-order valence-corrected chi connectivity index (χ4v) is 3.31. The van der Waals surface area contributed by atoms with Crippen LogP contribution in [0.4, 0.5) is 5.69 Å². The molecule has 140 valence electrons. The SMILES string of the molecule is CN1CCC(N(C)/C=C(/C#N)C(=O)Nc2cccc(S(=O)(=O)O)c2)CC1. The van der Waals surface area contributed by atoms with Crippen LogP contribution in [-0.4, -0.2) is 61.9 Å². The quantitative estimate of drug-likeness (QED) is 0.451. The number of carbonyl (C=O) groups excluding carboxylic acids is 1. The number of benzene rings is 1. The van der Waals surface area contributed by atoms with Gasteiger partial charge in [-0.2, -0.15) is 13.7 Å². The van der Waals surface area contributed by atoms with Crippen LogP contribution in [0.2, 0.25) is 0 Å². The van der Waals surface area contributed by atoms with Crippen molar-refractivity contribution in [2.45, 2.75) is 23.8 Å². The molecule has 1 aromatic rings. The molecule has 8 nitrogen and oxygen atoms in total. The van der Waals surface area contributed by atoms with E-state index in [-0.39, 0.29) is 22.2 Å². The van der Waals surface area contributed by atoms with Crippen molar-refractivity contribution in [2.75, 3.05) is 32.5 Å². The Morgan fingerprint density at radius 3 is 2.65 bits per heavy atom. The third-order valence-electron chi connectivity index (χ3n) is 4.35. The minimum absolute atomic E-state index is 0.0799. The molecular formula is C17H22N4O4S. The van der Waals surface area contributed by atoms with Crippen LogP contribution in [-0.2, 0) is 14.9 Å². The number of nitrogens with one attached hydrogen (secondary N) is 1. The first-order chi connectivity index (χ1) is 12.2. The molecule has 0 atom stereocenters. The number of nitrogens with zero attached hydrogens (tertiary/aromatic N) is 3. The highest BCUT2D eigenvalue weighted by Crippen LogP contribution is 2.17. The molecule has 0 bridgehead atoms. The third-order valence-corrected chi connectivity index (χ3v) is 5.20. The van der Waals surface area contributed by atoms with Gasteiger partial charge in [-0.15, -0.1) is 0 Å². The number of hydrogen-bond donors (Lipinski definition) is 2. The molecule has 1 saturated heterocycles. The number of likely N-dealkylation sites (tertiary alicyclic amines) is 1. The fourth-order valence-electron chi connectivity index (χ4n) is 2.78. The minimum atomic E-state index is -4.37. The third kappa shape index (κ3) is 5.29. The number of nitriles is 1. The van der Waals surface area contributed by atoms with Gasteiger partial charge in [0.05, 0.1) is 4.90 Å². The Morgan fingerprint density at radius 2 is 2.08 bits per heavy atom. The molecule has 1 fully saturated rings. The van der Waals surface area contributed by atoms with Crippen LogP contribution < -0.4 is 5.32 Å². The summed E-state index contributed by atoms with van der Waals surface area (Å²) in [6.45, 7) is 1.92. The average Bonchev–Trinajstić information content (AvgIpc) is 2.59. The lowest BCUT2D eigenvalue weighted by atomic mass is 10.0. The standard InChI is InChI=1S/C17H22N4O4S/c1-20-8-6-15(7-9-20)21(2)12-13(11-18)17(22)19-14-4-3-5-16(10-14)26(23,24)25/h3-5,10,12,15H,6-9H2,1-2H3,(H,19,22)(H,23,24,25)/b13-12-. The first kappa shape index (κ1) is 19.9. The summed E-state index contributed by atoms with van der Waals surface area (Å²) in [4.78, 5) is 16.1. The summed E-state index contributed by atoms with van der Waals surface area (Å²) in [7, 11) is -0.479. The summed E-state index contributed by atoms with van der Waals surface area (Å²) in [5.41, 5.74) is 0.0944. The second kappa shape index (κ2) is 8.31. The predicted molar refractivity (Wildman–Crippen MR) is 96.9 cm³/mol. The van der Waals surface area contributed by atoms with Gasteiger partial charge in [-0.1, -0.05) is 6.07 Å². The summed E-state index contributed by atoms with van der Waals surface area (Å²) in [5, 5.41) is 11.8. The fraction of sp³-hybridized carbons (Fsp3) is 0.412. The van der Waals surface area contributed by atoms with E-state index in [9.17, 15) is 18.5 Å². The smallest absolute Gasteiger partial charge is 0.294 e. The van der Waals surface area contributed by atoms with Crippen molar-refractivity contribution in [3.8, 4) is 6.07 Å². The average molecular weight is 378 g/mol. The summed E-state index contributed by atoms with van der Waals surface area (Å²) in [5.74, 6) is -0.639. The monoisotopic (exact) mass is 378 g/mol. The van der Waals surface area contributed by atoms with Crippen molar-refractivity contribution in [3.63, 3.8) is 0 Å². The summed E-state index contributed by atoms with van der Waals surface area (Å²) < 4.78 is 31.4. The van der Waals surface area contributed by atoms with Gasteiger partial charge < -0.3 is 15.1 Å². The molecule has 1 heterocycles. The Balaban J connectivity index is 2.10. The van der Waals surface area contributed by atoms with Crippen molar-refractivity contribution in [3.05, 3.63) is 36.0 Å². The van der Waals surface area contributed by atoms with Crippen LogP contribution >= 0.6 is 0 Å². The van der Waals surface area contributed by atoms with Crippen LogP contribution in [0.15, 0.2) is 40.9 Å². The topological polar surface area (TPSA) is 114 Å². The zero-order valence-electron chi connectivity index (χ0n) is 14.7. The molecule has 9 heteroatoms. The molecule has 1 aliphatic rings. The van der Waals surface area contributed by atoms with Gasteiger partial charge in [0.1, 0.15) is 11.6 Å². The Morgan fingerprint density at radius 1 is 1.42 bits per heavy atom. The predicted octanol–water partition coefficient (Wildman–Crippen LogP) is 1.31. The first-order valence-electron chi connectivity index (χ1n) is 8.12. The van der Waals surface area contributed by atoms with Crippen molar-refractivity contribution >= 4 is 21.7 Å². The van der Waals surface area contributed by atoms with Crippen LogP contribution in [0, 0.1) is 11.3 Å². The molecule has 0 saturated carbocycles. The number of anilines is 1. The summed E-state index contributed by atoms with van der Waals surface area (Å²) >= 11 is 0. The lowest BCUT2D eigenvalue weighted by molar-refractivity contribution is -0.112. The lowest BCUT2D eigenvalue weighted by Crippen LogP contribution is -2.40. The molecule has 2 rings (SSSR count). The molecule has 1 aromatic carbocycles. The van der Waals surface area contributed by atoms with E-state index >= 15 is 0 Å². The zero-order chi connectivity index (χ0) is 19.3. The van der Waals surface area contributed by atoms with Crippen molar-refractivity contribution in [1.82, 2.24) is 9.80 Å². The maximum atomic E-state index is 12.3. The highest BCUT2D eigenvalue weighted by Gasteiger charge is 2.20. The van der Waals surface area contributed by atoms with E-state index in [1.165, 1.54) is 24.4 Å². The van der Waals surface area contributed by atoms with Crippen molar-refractivity contribution in [1.29, 1.82) is 5.26 Å². The Labute approximate surface area is 153 Å². The van der Waals surface area contributed by atoms with Crippen molar-refractivity contribution in [2.24, 2.45) is 0 Å². The van der Waals surface area contributed by atoms with E-state index in [0.29, 0.717) is 0 Å². The van der Waals surface area contributed by atoms with Crippen LogP contribution in [0.25, 0.3) is 0 Å². The van der Waals surface area contributed by atoms with E-state index in [1.54, 1.807) is 0 Å². The summed E-state index contributed by atoms with van der Waals surface area (Å²) in [6.07, 6.45) is 3.40. The largest absolute Gasteiger partial charge is 0.376 e. The minimum Gasteiger partial charge on any atom is -0.376 e. The molecule has 1 amide bonds. The van der Waals surface area contributed by atoms with Gasteiger partial charge in [-0.05, 0) is 51.2 Å². The molecular weight excluding hydrogens is 356 g/mol. The van der Waals surface area contributed by atoms with Crippen molar-refractivity contribution < 1.29 is 17.8 Å².